The Kier molecular flexibility index (Phi) is 4.88. The number of amides is 1. The molecule has 2 aromatic heterocycles. The van der Waals surface area contributed by atoms with Gasteiger partial charge in [0.1, 0.15) is 6.04 Å². The van der Waals surface area contributed by atoms with Crippen molar-refractivity contribution in [1.29, 1.82) is 0 Å². The second kappa shape index (κ2) is 7.09. The molecule has 1 amide bonds. The van der Waals surface area contributed by atoms with Crippen LogP contribution in [-0.4, -0.2) is 56.7 Å². The number of nitrogens with zero attached hydrogens (tertiary/aromatic N) is 4. The fraction of sp³-hybridized carbons (Fsp3) is 0.467. The van der Waals surface area contributed by atoms with Gasteiger partial charge < -0.3 is 19.3 Å². The molecule has 8 nitrogen and oxygen atoms in total. The summed E-state index contributed by atoms with van der Waals surface area (Å²) in [5.74, 6) is 0.233. The summed E-state index contributed by atoms with van der Waals surface area (Å²) in [6.45, 7) is 0.845. The SMILES string of the molecule is CC(=O)N1C[C@@H](O)C[C@@H]1c1nc(-c2ccnc(OCC(F)F)c2)no1. The molecule has 2 aromatic rings. The van der Waals surface area contributed by atoms with E-state index in [1.54, 1.807) is 6.07 Å². The number of pyridine rings is 1. The van der Waals surface area contributed by atoms with Crippen molar-refractivity contribution in [3.63, 3.8) is 0 Å². The normalized spacial score (nSPS) is 20.3. The van der Waals surface area contributed by atoms with Gasteiger partial charge in [-0.1, -0.05) is 5.16 Å². The minimum Gasteiger partial charge on any atom is -0.472 e. The summed E-state index contributed by atoms with van der Waals surface area (Å²) in [5, 5.41) is 13.6. The molecule has 3 rings (SSSR count). The number of carbonyl (C=O) groups is 1. The predicted octanol–water partition coefficient (Wildman–Crippen LogP) is 1.43. The number of hydrogen-bond donors (Lipinski definition) is 1. The first kappa shape index (κ1) is 17.2. The molecule has 1 aliphatic heterocycles. The number of β-amino-alcohol motifs (C(OH)–C–C–N with tert-alkyl or cyclic N) is 1. The van der Waals surface area contributed by atoms with Crippen molar-refractivity contribution in [3.05, 3.63) is 24.2 Å². The second-order valence-electron chi connectivity index (χ2n) is 5.62. The lowest BCUT2D eigenvalue weighted by Crippen LogP contribution is -2.29. The van der Waals surface area contributed by atoms with Crippen molar-refractivity contribution in [2.24, 2.45) is 0 Å². The number of ether oxygens (including phenoxy) is 1. The summed E-state index contributed by atoms with van der Waals surface area (Å²) in [5.41, 5.74) is 0.474. The van der Waals surface area contributed by atoms with E-state index in [1.165, 1.54) is 24.1 Å². The maximum atomic E-state index is 12.2. The van der Waals surface area contributed by atoms with E-state index in [9.17, 15) is 18.7 Å². The van der Waals surface area contributed by atoms with Crippen LogP contribution in [0.25, 0.3) is 11.4 Å². The molecule has 0 radical (unpaired) electrons. The third-order valence-electron chi connectivity index (χ3n) is 3.76. The fourth-order valence-corrected chi connectivity index (χ4v) is 2.66. The minimum atomic E-state index is -2.60. The molecule has 0 aromatic carbocycles. The molecular formula is C15H16F2N4O4. The monoisotopic (exact) mass is 354 g/mol. The van der Waals surface area contributed by atoms with Gasteiger partial charge in [0.15, 0.2) is 6.61 Å². The Bertz CT molecular complexity index is 755. The van der Waals surface area contributed by atoms with Gasteiger partial charge in [-0.3, -0.25) is 4.79 Å². The van der Waals surface area contributed by atoms with Gasteiger partial charge in [0, 0.05) is 37.7 Å². The highest BCUT2D eigenvalue weighted by molar-refractivity contribution is 5.74. The van der Waals surface area contributed by atoms with E-state index in [1.807, 2.05) is 0 Å². The lowest BCUT2D eigenvalue weighted by atomic mass is 10.2. The predicted molar refractivity (Wildman–Crippen MR) is 79.8 cm³/mol. The van der Waals surface area contributed by atoms with Gasteiger partial charge in [-0.2, -0.15) is 4.98 Å². The van der Waals surface area contributed by atoms with Crippen LogP contribution in [0.1, 0.15) is 25.3 Å². The summed E-state index contributed by atoms with van der Waals surface area (Å²) in [6.07, 6.45) is -1.57. The standard InChI is InChI=1S/C15H16F2N4O4/c1-8(22)21-6-10(23)5-11(21)15-19-14(20-25-15)9-2-3-18-13(4-9)24-7-12(16)17/h2-4,10-12,23H,5-7H2,1H3/t10-,11+/m0/s1. The van der Waals surface area contributed by atoms with Crippen LogP contribution in [0, 0.1) is 0 Å². The zero-order valence-electron chi connectivity index (χ0n) is 13.3. The number of halogens is 2. The Morgan fingerprint density at radius 2 is 2.36 bits per heavy atom. The van der Waals surface area contributed by atoms with Gasteiger partial charge in [0.25, 0.3) is 6.43 Å². The zero-order chi connectivity index (χ0) is 18.0. The summed E-state index contributed by atoms with van der Waals surface area (Å²) < 4.78 is 34.5. The Morgan fingerprint density at radius 1 is 1.56 bits per heavy atom. The molecule has 134 valence electrons. The average Bonchev–Trinajstić information content (AvgIpc) is 3.19. The molecule has 1 aliphatic rings. The highest BCUT2D eigenvalue weighted by atomic mass is 19.3. The number of rotatable bonds is 5. The van der Waals surface area contributed by atoms with E-state index >= 15 is 0 Å². The number of aliphatic hydroxyl groups is 1. The summed E-state index contributed by atoms with van der Waals surface area (Å²) in [4.78, 5) is 21.2. The number of aromatic nitrogens is 3. The number of alkyl halides is 2. The van der Waals surface area contributed by atoms with E-state index < -0.39 is 25.2 Å². The van der Waals surface area contributed by atoms with Crippen LogP contribution >= 0.6 is 0 Å². The van der Waals surface area contributed by atoms with E-state index in [4.69, 9.17) is 9.26 Å². The summed E-state index contributed by atoms with van der Waals surface area (Å²) in [7, 11) is 0. The Balaban J connectivity index is 1.79. The maximum absolute atomic E-state index is 12.2. The van der Waals surface area contributed by atoms with Crippen LogP contribution < -0.4 is 4.74 Å². The van der Waals surface area contributed by atoms with Crippen molar-refractivity contribution >= 4 is 5.91 Å². The van der Waals surface area contributed by atoms with Gasteiger partial charge in [-0.05, 0) is 6.07 Å². The van der Waals surface area contributed by atoms with Crippen molar-refractivity contribution in [3.8, 4) is 17.3 Å². The van der Waals surface area contributed by atoms with Gasteiger partial charge in [0.05, 0.1) is 6.10 Å². The fourth-order valence-electron chi connectivity index (χ4n) is 2.66. The molecule has 0 bridgehead atoms. The first-order chi connectivity index (χ1) is 11.9. The highest BCUT2D eigenvalue weighted by Gasteiger charge is 2.37. The van der Waals surface area contributed by atoms with Crippen LogP contribution in [0.4, 0.5) is 8.78 Å². The lowest BCUT2D eigenvalue weighted by molar-refractivity contribution is -0.130. The topological polar surface area (TPSA) is 102 Å². The third-order valence-corrected chi connectivity index (χ3v) is 3.76. The number of hydrogen-bond acceptors (Lipinski definition) is 7. The van der Waals surface area contributed by atoms with Crippen LogP contribution in [-0.2, 0) is 4.79 Å². The molecule has 1 saturated heterocycles. The van der Waals surface area contributed by atoms with E-state index in [2.05, 4.69) is 15.1 Å². The Labute approximate surface area is 141 Å². The number of carbonyl (C=O) groups excluding carboxylic acids is 1. The van der Waals surface area contributed by atoms with Crippen LogP contribution in [0.15, 0.2) is 22.9 Å². The highest BCUT2D eigenvalue weighted by Crippen LogP contribution is 2.32. The molecule has 0 unspecified atom stereocenters. The first-order valence-corrected chi connectivity index (χ1v) is 7.60. The molecule has 25 heavy (non-hydrogen) atoms. The minimum absolute atomic E-state index is 0.0193. The quantitative estimate of drug-likeness (QED) is 0.866. The van der Waals surface area contributed by atoms with Gasteiger partial charge in [-0.25, -0.2) is 13.8 Å². The van der Waals surface area contributed by atoms with Crippen LogP contribution in [0.2, 0.25) is 0 Å². The Hall–Kier alpha value is -2.62. The molecular weight excluding hydrogens is 338 g/mol. The molecule has 0 saturated carbocycles. The zero-order valence-corrected chi connectivity index (χ0v) is 13.3. The lowest BCUT2D eigenvalue weighted by Gasteiger charge is -2.19. The van der Waals surface area contributed by atoms with Crippen molar-refractivity contribution in [2.45, 2.75) is 31.9 Å². The summed E-state index contributed by atoms with van der Waals surface area (Å²) in [6, 6.07) is 2.50. The van der Waals surface area contributed by atoms with Crippen molar-refractivity contribution in [2.75, 3.05) is 13.2 Å². The molecule has 0 spiro atoms. The van der Waals surface area contributed by atoms with E-state index in [0.29, 0.717) is 12.0 Å². The van der Waals surface area contributed by atoms with Gasteiger partial charge in [-0.15, -0.1) is 0 Å². The molecule has 1 fully saturated rings. The first-order valence-electron chi connectivity index (χ1n) is 7.60. The number of aliphatic hydroxyl groups excluding tert-OH is 1. The summed E-state index contributed by atoms with van der Waals surface area (Å²) >= 11 is 0. The van der Waals surface area contributed by atoms with Gasteiger partial charge >= 0.3 is 0 Å². The van der Waals surface area contributed by atoms with Gasteiger partial charge in [0.2, 0.25) is 23.5 Å². The van der Waals surface area contributed by atoms with Crippen molar-refractivity contribution < 1.29 is 27.9 Å². The molecule has 1 N–H and O–H groups in total. The van der Waals surface area contributed by atoms with E-state index in [0.717, 1.165) is 0 Å². The van der Waals surface area contributed by atoms with Crippen LogP contribution in [0.5, 0.6) is 5.88 Å². The Morgan fingerprint density at radius 3 is 3.08 bits per heavy atom. The average molecular weight is 354 g/mol. The number of likely N-dealkylation sites (tertiary alicyclic amines) is 1. The van der Waals surface area contributed by atoms with Crippen molar-refractivity contribution in [1.82, 2.24) is 20.0 Å². The van der Waals surface area contributed by atoms with Crippen LogP contribution in [0.3, 0.4) is 0 Å². The largest absolute Gasteiger partial charge is 0.472 e. The molecule has 2 atom stereocenters. The molecule has 3 heterocycles. The van der Waals surface area contributed by atoms with E-state index in [-0.39, 0.29) is 30.0 Å². The smallest absolute Gasteiger partial charge is 0.272 e. The second-order valence-corrected chi connectivity index (χ2v) is 5.62. The molecule has 0 aliphatic carbocycles. The maximum Gasteiger partial charge on any atom is 0.272 e. The third kappa shape index (κ3) is 3.90. The molecule has 10 heteroatoms.